The zero-order chi connectivity index (χ0) is 23.9. The van der Waals surface area contributed by atoms with Crippen LogP contribution in [0.3, 0.4) is 0 Å². The molecule has 0 radical (unpaired) electrons. The second-order valence-corrected chi connectivity index (χ2v) is 9.90. The number of nitrogens with zero attached hydrogens (tertiary/aromatic N) is 3. The molecule has 0 aliphatic rings. The highest BCUT2D eigenvalue weighted by Crippen LogP contribution is 2.34. The van der Waals surface area contributed by atoms with Crippen LogP contribution in [0.2, 0.25) is 0 Å². The molecule has 0 aliphatic heterocycles. The van der Waals surface area contributed by atoms with Gasteiger partial charge in [0.25, 0.3) is 5.82 Å². The summed E-state index contributed by atoms with van der Waals surface area (Å²) in [5.41, 5.74) is 9.97. The summed E-state index contributed by atoms with van der Waals surface area (Å²) < 4.78 is 4.47. The number of aromatic nitrogens is 3. The van der Waals surface area contributed by atoms with Gasteiger partial charge in [-0.3, -0.25) is 0 Å². The minimum atomic E-state index is 0.391. The predicted octanol–water partition coefficient (Wildman–Crippen LogP) is 7.20. The van der Waals surface area contributed by atoms with Crippen LogP contribution in [0.25, 0.3) is 28.5 Å². The first-order chi connectivity index (χ1) is 15.7. The van der Waals surface area contributed by atoms with Gasteiger partial charge in [0.2, 0.25) is 0 Å². The molecule has 0 spiro atoms. The van der Waals surface area contributed by atoms with Crippen molar-refractivity contribution in [3.05, 3.63) is 88.5 Å². The van der Waals surface area contributed by atoms with Crippen molar-refractivity contribution in [2.75, 3.05) is 0 Å². The molecule has 0 aliphatic carbocycles. The van der Waals surface area contributed by atoms with Crippen LogP contribution in [-0.4, -0.2) is 9.78 Å². The maximum atomic E-state index is 5.32. The Kier molecular flexibility index (Phi) is 6.25. The molecule has 3 heteroatoms. The van der Waals surface area contributed by atoms with Gasteiger partial charge in [0.05, 0.1) is 23.3 Å². The lowest BCUT2D eigenvalue weighted by molar-refractivity contribution is -0.649. The molecule has 0 amide bonds. The monoisotopic (exact) mass is 438 g/mol. The molecule has 0 fully saturated rings. The van der Waals surface area contributed by atoms with E-state index in [2.05, 4.69) is 125 Å². The number of rotatable bonds is 5. The summed E-state index contributed by atoms with van der Waals surface area (Å²) in [6, 6.07) is 22.0. The third kappa shape index (κ3) is 4.25. The van der Waals surface area contributed by atoms with Crippen molar-refractivity contribution in [3.63, 3.8) is 0 Å². The Balaban J connectivity index is 2.13. The number of para-hydroxylation sites is 1. The Bertz CT molecular complexity index is 1260. The Labute approximate surface area is 198 Å². The molecular weight excluding hydrogens is 402 g/mol. The molecule has 4 rings (SSSR count). The van der Waals surface area contributed by atoms with Crippen LogP contribution >= 0.6 is 0 Å². The number of hydrogen-bond acceptors (Lipinski definition) is 1. The van der Waals surface area contributed by atoms with E-state index in [0.717, 1.165) is 17.2 Å². The summed E-state index contributed by atoms with van der Waals surface area (Å²) in [5.74, 6) is 2.87. The molecular formula is C30H36N3+. The third-order valence-electron chi connectivity index (χ3n) is 6.45. The van der Waals surface area contributed by atoms with Crippen LogP contribution in [0.1, 0.15) is 67.3 Å². The van der Waals surface area contributed by atoms with E-state index in [1.807, 2.05) is 0 Å². The molecule has 1 aromatic heterocycles. The smallest absolute Gasteiger partial charge is 0.226 e. The van der Waals surface area contributed by atoms with Gasteiger partial charge < -0.3 is 0 Å². The van der Waals surface area contributed by atoms with Gasteiger partial charge in [-0.2, -0.15) is 0 Å². The molecule has 0 saturated heterocycles. The van der Waals surface area contributed by atoms with Gasteiger partial charge in [0, 0.05) is 0 Å². The van der Waals surface area contributed by atoms with Crippen molar-refractivity contribution >= 4 is 0 Å². The van der Waals surface area contributed by atoms with Crippen LogP contribution in [0.15, 0.2) is 60.7 Å². The first-order valence-electron chi connectivity index (χ1n) is 12.0. The van der Waals surface area contributed by atoms with Gasteiger partial charge in [0.15, 0.2) is 0 Å². The Morgan fingerprint density at radius 2 is 1.33 bits per heavy atom. The normalized spacial score (nSPS) is 11.6. The summed E-state index contributed by atoms with van der Waals surface area (Å²) in [4.78, 5) is 0. The fraction of sp³-hybridized carbons (Fsp3) is 0.333. The van der Waals surface area contributed by atoms with Crippen molar-refractivity contribution in [2.45, 2.75) is 60.3 Å². The van der Waals surface area contributed by atoms with Crippen molar-refractivity contribution in [2.24, 2.45) is 7.05 Å². The molecule has 0 bridgehead atoms. The Morgan fingerprint density at radius 1 is 0.758 bits per heavy atom. The van der Waals surface area contributed by atoms with E-state index >= 15 is 0 Å². The van der Waals surface area contributed by atoms with Crippen molar-refractivity contribution in [1.29, 1.82) is 0 Å². The molecule has 0 atom stereocenters. The zero-order valence-corrected chi connectivity index (χ0v) is 21.3. The van der Waals surface area contributed by atoms with Gasteiger partial charge >= 0.3 is 5.82 Å². The minimum absolute atomic E-state index is 0.391. The lowest BCUT2D eigenvalue weighted by Gasteiger charge is -2.17. The SMILES string of the molecule is Cc1cc(C)cc(-c2nn(-c3c(C(C)C)cccc3C(C)C)c(-c3ccccc3C)[n+]2C)c1. The van der Waals surface area contributed by atoms with E-state index in [9.17, 15) is 0 Å². The molecule has 4 aromatic rings. The summed E-state index contributed by atoms with van der Waals surface area (Å²) in [6.07, 6.45) is 0. The standard InChI is InChI=1S/C30H36N3/c1-19(2)25-14-11-15-26(20(3)4)28(25)33-30(27-13-10-9-12-23(27)7)32(8)29(31-33)24-17-21(5)16-22(6)18-24/h9-20H,1-8H3/q+1. The van der Waals surface area contributed by atoms with E-state index < -0.39 is 0 Å². The van der Waals surface area contributed by atoms with Crippen LogP contribution in [0.4, 0.5) is 0 Å². The Hall–Kier alpha value is -3.20. The van der Waals surface area contributed by atoms with Gasteiger partial charge in [0.1, 0.15) is 5.69 Å². The number of hydrogen-bond donors (Lipinski definition) is 0. The lowest BCUT2D eigenvalue weighted by atomic mass is 9.92. The zero-order valence-electron chi connectivity index (χ0n) is 21.3. The molecule has 3 nitrogen and oxygen atoms in total. The fourth-order valence-electron chi connectivity index (χ4n) is 4.84. The molecule has 3 aromatic carbocycles. The molecule has 33 heavy (non-hydrogen) atoms. The van der Waals surface area contributed by atoms with Gasteiger partial charge in [-0.1, -0.05) is 86.0 Å². The Morgan fingerprint density at radius 3 is 1.88 bits per heavy atom. The topological polar surface area (TPSA) is 21.7 Å². The highest BCUT2D eigenvalue weighted by molar-refractivity contribution is 5.65. The first kappa shape index (κ1) is 23.0. The lowest BCUT2D eigenvalue weighted by Crippen LogP contribution is -2.32. The van der Waals surface area contributed by atoms with Crippen LogP contribution in [-0.2, 0) is 7.05 Å². The minimum Gasteiger partial charge on any atom is -0.226 e. The fourth-order valence-corrected chi connectivity index (χ4v) is 4.84. The molecule has 170 valence electrons. The van der Waals surface area contributed by atoms with Crippen LogP contribution < -0.4 is 4.57 Å². The van der Waals surface area contributed by atoms with Gasteiger partial charge in [-0.15, -0.1) is 0 Å². The third-order valence-corrected chi connectivity index (χ3v) is 6.45. The van der Waals surface area contributed by atoms with Gasteiger partial charge in [-0.25, -0.2) is 4.57 Å². The highest BCUT2D eigenvalue weighted by atomic mass is 15.4. The average Bonchev–Trinajstić information content (AvgIpc) is 3.09. The summed E-state index contributed by atoms with van der Waals surface area (Å²) in [5, 5.41) is 5.32. The number of benzene rings is 3. The number of aryl methyl sites for hydroxylation is 3. The maximum absolute atomic E-state index is 5.32. The summed E-state index contributed by atoms with van der Waals surface area (Å²) >= 11 is 0. The summed E-state index contributed by atoms with van der Waals surface area (Å²) in [7, 11) is 2.14. The molecule has 0 saturated carbocycles. The predicted molar refractivity (Wildman–Crippen MR) is 138 cm³/mol. The average molecular weight is 439 g/mol. The molecule has 0 N–H and O–H groups in total. The maximum Gasteiger partial charge on any atom is 0.309 e. The first-order valence-corrected chi connectivity index (χ1v) is 12.0. The van der Waals surface area contributed by atoms with E-state index in [-0.39, 0.29) is 0 Å². The second kappa shape index (κ2) is 8.97. The second-order valence-electron chi connectivity index (χ2n) is 9.90. The molecule has 1 heterocycles. The van der Waals surface area contributed by atoms with E-state index in [1.54, 1.807) is 0 Å². The van der Waals surface area contributed by atoms with Crippen molar-refractivity contribution < 1.29 is 4.57 Å². The largest absolute Gasteiger partial charge is 0.309 e. The van der Waals surface area contributed by atoms with Crippen LogP contribution in [0, 0.1) is 20.8 Å². The van der Waals surface area contributed by atoms with E-state index in [1.165, 1.54) is 39.1 Å². The highest BCUT2D eigenvalue weighted by Gasteiger charge is 2.32. The van der Waals surface area contributed by atoms with Crippen molar-refractivity contribution in [3.8, 4) is 28.5 Å². The van der Waals surface area contributed by atoms with Gasteiger partial charge in [-0.05, 0) is 67.5 Å². The van der Waals surface area contributed by atoms with E-state index in [0.29, 0.717) is 11.8 Å². The van der Waals surface area contributed by atoms with E-state index in [4.69, 9.17) is 5.10 Å². The quantitative estimate of drug-likeness (QED) is 0.302. The van der Waals surface area contributed by atoms with Crippen LogP contribution in [0.5, 0.6) is 0 Å². The summed E-state index contributed by atoms with van der Waals surface area (Å²) in [6.45, 7) is 15.6. The van der Waals surface area contributed by atoms with Crippen molar-refractivity contribution in [1.82, 2.24) is 9.78 Å². The molecule has 0 unspecified atom stereocenters.